The van der Waals surface area contributed by atoms with Crippen molar-refractivity contribution in [3.63, 3.8) is 0 Å². The molecule has 0 bridgehead atoms. The smallest absolute Gasteiger partial charge is 0.198 e. The zero-order valence-corrected chi connectivity index (χ0v) is 4.07. The molecule has 0 N–H and O–H groups in total. The van der Waals surface area contributed by atoms with Crippen LogP contribution in [0.3, 0.4) is 0 Å². The van der Waals surface area contributed by atoms with Gasteiger partial charge in [-0.25, -0.2) is 0 Å². The fourth-order valence-electron chi connectivity index (χ4n) is 0.641. The first-order chi connectivity index (χ1) is 3.97. The number of nitrogens with zero attached hydrogens (tertiary/aromatic N) is 3. The standard InChI is InChI=1S/C5H3N3/c1-2-8-4-6-3-5(8)7-1/h2-4H/q+1. The molecule has 0 fully saturated rings. The Morgan fingerprint density at radius 3 is 3.50 bits per heavy atom. The fourth-order valence-corrected chi connectivity index (χ4v) is 0.641. The van der Waals surface area contributed by atoms with Gasteiger partial charge in [-0.3, -0.25) is 0 Å². The third-order valence-corrected chi connectivity index (χ3v) is 1.02. The summed E-state index contributed by atoms with van der Waals surface area (Å²) in [4.78, 5) is 9.50. The number of rotatable bonds is 0. The predicted octanol–water partition coefficient (Wildman–Crippen LogP) is 0.164. The Hall–Kier alpha value is -1.18. The van der Waals surface area contributed by atoms with Crippen molar-refractivity contribution in [2.24, 2.45) is 9.98 Å². The van der Waals surface area contributed by atoms with Gasteiger partial charge in [0.2, 0.25) is 6.20 Å². The molecule has 37 valence electrons. The van der Waals surface area contributed by atoms with Gasteiger partial charge in [0.15, 0.2) is 0 Å². The molecule has 2 aliphatic rings. The summed E-state index contributed by atoms with van der Waals surface area (Å²) >= 11 is 0. The Labute approximate surface area is 46.4 Å². The molecule has 0 amide bonds. The van der Waals surface area contributed by atoms with E-state index in [1.54, 1.807) is 23.6 Å². The predicted molar refractivity (Wildman–Crippen MR) is 30.7 cm³/mol. The lowest BCUT2D eigenvalue weighted by atomic mass is 10.7. The molecule has 2 rings (SSSR count). The van der Waals surface area contributed by atoms with Crippen LogP contribution in [0.4, 0.5) is 0 Å². The Morgan fingerprint density at radius 1 is 1.62 bits per heavy atom. The van der Waals surface area contributed by atoms with E-state index < -0.39 is 0 Å². The molecule has 0 saturated carbocycles. The number of hydrogen-bond donors (Lipinski definition) is 0. The lowest BCUT2D eigenvalue weighted by Crippen LogP contribution is -2.12. The highest BCUT2D eigenvalue weighted by Gasteiger charge is 2.24. The summed E-state index contributed by atoms with van der Waals surface area (Å²) < 4.78 is 0. The minimum Gasteiger partial charge on any atom is -0.198 e. The maximum atomic E-state index is 3.85. The van der Waals surface area contributed by atoms with Gasteiger partial charge >= 0.3 is 5.82 Å². The van der Waals surface area contributed by atoms with E-state index in [0.29, 0.717) is 0 Å². The fraction of sp³-hybridized carbons (Fsp3) is 0. The van der Waals surface area contributed by atoms with Crippen molar-refractivity contribution in [3.05, 3.63) is 18.2 Å². The normalized spacial score (nSPS) is 22.2. The molecule has 2 heterocycles. The number of aliphatic imine (C=N–C) groups is 2. The first-order valence-corrected chi connectivity index (χ1v) is 2.28. The van der Waals surface area contributed by atoms with Crippen LogP contribution >= 0.6 is 0 Å². The highest BCUT2D eigenvalue weighted by atomic mass is 15.3. The molecule has 0 spiro atoms. The van der Waals surface area contributed by atoms with Crippen LogP contribution in [0.25, 0.3) is 0 Å². The van der Waals surface area contributed by atoms with Crippen molar-refractivity contribution in [2.75, 3.05) is 0 Å². The molecular formula is C5H3N3+. The van der Waals surface area contributed by atoms with Crippen LogP contribution < -0.4 is 4.90 Å². The maximum absolute atomic E-state index is 3.85. The van der Waals surface area contributed by atoms with Crippen LogP contribution in [0.1, 0.15) is 0 Å². The van der Waals surface area contributed by atoms with Gasteiger partial charge in [-0.15, -0.1) is 4.99 Å². The minimum atomic E-state index is 0.852. The Morgan fingerprint density at radius 2 is 2.62 bits per heavy atom. The van der Waals surface area contributed by atoms with Crippen LogP contribution in [0, 0.1) is 0 Å². The Balaban J connectivity index is 2.49. The first kappa shape index (κ1) is 3.78. The van der Waals surface area contributed by atoms with Crippen LogP contribution in [-0.4, -0.2) is 12.2 Å². The second-order valence-corrected chi connectivity index (χ2v) is 1.53. The van der Waals surface area contributed by atoms with E-state index >= 15 is 0 Å². The molecule has 8 heavy (non-hydrogen) atoms. The third-order valence-electron chi connectivity index (χ3n) is 1.02. The third kappa shape index (κ3) is 0.320. The second-order valence-electron chi connectivity index (χ2n) is 1.53. The molecular weight excluding hydrogens is 102 g/mol. The van der Waals surface area contributed by atoms with Gasteiger partial charge in [0.1, 0.15) is 6.20 Å². The molecule has 2 aliphatic heterocycles. The lowest BCUT2D eigenvalue weighted by Gasteiger charge is -1.80. The SMILES string of the molecule is C1=C[N+]2C=NC=C2N=1. The van der Waals surface area contributed by atoms with Crippen molar-refractivity contribution in [3.8, 4) is 0 Å². The van der Waals surface area contributed by atoms with E-state index in [-0.39, 0.29) is 0 Å². The van der Waals surface area contributed by atoms with Crippen LogP contribution in [0.2, 0.25) is 0 Å². The van der Waals surface area contributed by atoms with Gasteiger partial charge in [0.25, 0.3) is 6.34 Å². The average molecular weight is 105 g/mol. The van der Waals surface area contributed by atoms with Gasteiger partial charge in [0.05, 0.1) is 5.87 Å². The van der Waals surface area contributed by atoms with Gasteiger partial charge < -0.3 is 0 Å². The molecule has 3 nitrogen and oxygen atoms in total. The molecule has 0 atom stereocenters. The summed E-state index contributed by atoms with van der Waals surface area (Å²) in [5.74, 6) is 3.54. The minimum absolute atomic E-state index is 0.852. The van der Waals surface area contributed by atoms with Crippen molar-refractivity contribution < 1.29 is 0 Å². The average Bonchev–Trinajstić information content (AvgIpc) is 2.15. The van der Waals surface area contributed by atoms with Gasteiger partial charge in [-0.1, -0.05) is 0 Å². The summed E-state index contributed by atoms with van der Waals surface area (Å²) in [6.07, 6.45) is 5.12. The summed E-state index contributed by atoms with van der Waals surface area (Å²) in [6.45, 7) is 0. The summed E-state index contributed by atoms with van der Waals surface area (Å²) in [7, 11) is 0. The van der Waals surface area contributed by atoms with Crippen molar-refractivity contribution in [1.29, 1.82) is 0 Å². The Bertz CT molecular complexity index is 230. The van der Waals surface area contributed by atoms with Crippen LogP contribution in [0.5, 0.6) is 0 Å². The molecule has 0 aromatic carbocycles. The van der Waals surface area contributed by atoms with E-state index in [4.69, 9.17) is 0 Å². The topological polar surface area (TPSA) is 30.6 Å². The summed E-state index contributed by atoms with van der Waals surface area (Å²) in [6, 6.07) is 0. The van der Waals surface area contributed by atoms with E-state index in [9.17, 15) is 0 Å². The van der Waals surface area contributed by atoms with Gasteiger partial charge in [-0.05, 0) is 4.90 Å². The van der Waals surface area contributed by atoms with Gasteiger partial charge in [-0.2, -0.15) is 4.99 Å². The lowest BCUT2D eigenvalue weighted by molar-refractivity contribution is 0.925. The molecule has 3 heteroatoms. The number of hydrogen-bond acceptors (Lipinski definition) is 3. The number of fused-ring (bicyclic) bond motifs is 1. The monoisotopic (exact) mass is 105 g/mol. The molecule has 0 unspecified atom stereocenters. The van der Waals surface area contributed by atoms with E-state index in [1.165, 1.54) is 0 Å². The molecule has 1 radical (unpaired) electrons. The van der Waals surface area contributed by atoms with Crippen molar-refractivity contribution in [1.82, 2.24) is 4.90 Å². The van der Waals surface area contributed by atoms with E-state index in [1.807, 2.05) is 0 Å². The van der Waals surface area contributed by atoms with E-state index in [0.717, 1.165) is 5.82 Å². The molecule has 0 aromatic rings. The Kier molecular flexibility index (Phi) is 0.545. The highest BCUT2D eigenvalue weighted by molar-refractivity contribution is 5.75. The van der Waals surface area contributed by atoms with E-state index in [2.05, 4.69) is 15.9 Å². The summed E-state index contributed by atoms with van der Waals surface area (Å²) in [5.41, 5.74) is 0. The second kappa shape index (κ2) is 1.15. The van der Waals surface area contributed by atoms with Crippen molar-refractivity contribution >= 4 is 12.2 Å². The highest BCUT2D eigenvalue weighted by Crippen LogP contribution is 2.08. The summed E-state index contributed by atoms with van der Waals surface area (Å²) in [5, 5.41) is 0. The zero-order chi connectivity index (χ0) is 5.40. The quantitative estimate of drug-likeness (QED) is 0.393. The molecule has 0 saturated heterocycles. The largest absolute Gasteiger partial charge is 0.316 e. The maximum Gasteiger partial charge on any atom is 0.316 e. The van der Waals surface area contributed by atoms with Gasteiger partial charge in [0, 0.05) is 0 Å². The van der Waals surface area contributed by atoms with Crippen LogP contribution in [-0.2, 0) is 0 Å². The van der Waals surface area contributed by atoms with Crippen LogP contribution in [0.15, 0.2) is 28.2 Å². The zero-order valence-electron chi connectivity index (χ0n) is 4.07. The first-order valence-electron chi connectivity index (χ1n) is 2.28. The molecule has 0 aromatic heterocycles. The van der Waals surface area contributed by atoms with Crippen molar-refractivity contribution in [2.45, 2.75) is 0 Å². The molecule has 0 aliphatic carbocycles.